The third-order valence-electron chi connectivity index (χ3n) is 2.27. The van der Waals surface area contributed by atoms with Gasteiger partial charge in [0.05, 0.1) is 11.1 Å². The Morgan fingerprint density at radius 3 is 2.67 bits per heavy atom. The second kappa shape index (κ2) is 3.58. The van der Waals surface area contributed by atoms with Crippen molar-refractivity contribution in [2.45, 2.75) is 12.8 Å². The van der Waals surface area contributed by atoms with Crippen molar-refractivity contribution in [1.82, 2.24) is 0 Å². The maximum atomic E-state index is 11.2. The van der Waals surface area contributed by atoms with Crippen LogP contribution in [0.2, 0.25) is 0 Å². The average Bonchev–Trinajstić information content (AvgIpc) is 2.52. The van der Waals surface area contributed by atoms with Crippen LogP contribution in [0.5, 0.6) is 0 Å². The van der Waals surface area contributed by atoms with Crippen molar-refractivity contribution >= 4 is 11.9 Å². The molecule has 0 saturated carbocycles. The molecular formula is C12H8O3. The van der Waals surface area contributed by atoms with E-state index in [4.69, 9.17) is 6.42 Å². The standard InChI is InChI=1S/C12H8O3/c1-2-3-4-8-5-6-9-10(7-8)12(14)15-11(9)13/h1,5-7H,3-4H2. The van der Waals surface area contributed by atoms with Crippen molar-refractivity contribution in [3.05, 3.63) is 34.9 Å². The largest absolute Gasteiger partial charge is 0.386 e. The van der Waals surface area contributed by atoms with Crippen molar-refractivity contribution in [1.29, 1.82) is 0 Å². The van der Waals surface area contributed by atoms with Crippen LogP contribution >= 0.6 is 0 Å². The van der Waals surface area contributed by atoms with Gasteiger partial charge in [-0.25, -0.2) is 9.59 Å². The van der Waals surface area contributed by atoms with Gasteiger partial charge in [0.25, 0.3) is 0 Å². The third-order valence-corrected chi connectivity index (χ3v) is 2.27. The van der Waals surface area contributed by atoms with Crippen molar-refractivity contribution in [2.75, 3.05) is 0 Å². The maximum Gasteiger partial charge on any atom is 0.346 e. The van der Waals surface area contributed by atoms with E-state index >= 15 is 0 Å². The van der Waals surface area contributed by atoms with E-state index in [9.17, 15) is 9.59 Å². The second-order valence-electron chi connectivity index (χ2n) is 3.26. The maximum absolute atomic E-state index is 11.2. The van der Waals surface area contributed by atoms with Crippen LogP contribution in [-0.2, 0) is 11.2 Å². The van der Waals surface area contributed by atoms with E-state index in [1.54, 1.807) is 18.2 Å². The number of hydrogen-bond donors (Lipinski definition) is 0. The number of cyclic esters (lactones) is 2. The van der Waals surface area contributed by atoms with Crippen LogP contribution in [0.4, 0.5) is 0 Å². The SMILES string of the molecule is C#CCCc1ccc2c(c1)C(=O)OC2=O. The summed E-state index contributed by atoms with van der Waals surface area (Å²) in [6.45, 7) is 0. The van der Waals surface area contributed by atoms with Crippen molar-refractivity contribution < 1.29 is 14.3 Å². The lowest BCUT2D eigenvalue weighted by atomic mass is 10.0. The summed E-state index contributed by atoms with van der Waals surface area (Å²) in [5.41, 5.74) is 1.62. The summed E-state index contributed by atoms with van der Waals surface area (Å²) in [5, 5.41) is 0. The highest BCUT2D eigenvalue weighted by molar-refractivity contribution is 6.14. The number of benzene rings is 1. The quantitative estimate of drug-likeness (QED) is 0.413. The second-order valence-corrected chi connectivity index (χ2v) is 3.26. The van der Waals surface area contributed by atoms with Crippen LogP contribution in [0.1, 0.15) is 32.7 Å². The van der Waals surface area contributed by atoms with E-state index in [0.29, 0.717) is 24.0 Å². The Hall–Kier alpha value is -2.08. The molecule has 0 fully saturated rings. The Morgan fingerprint density at radius 1 is 1.20 bits per heavy atom. The lowest BCUT2D eigenvalue weighted by Crippen LogP contribution is -1.97. The van der Waals surface area contributed by atoms with E-state index in [0.717, 1.165) is 5.56 Å². The number of hydrogen-bond acceptors (Lipinski definition) is 3. The summed E-state index contributed by atoms with van der Waals surface area (Å²) in [4.78, 5) is 22.3. The number of esters is 2. The minimum atomic E-state index is -0.572. The molecule has 0 aliphatic carbocycles. The van der Waals surface area contributed by atoms with Gasteiger partial charge >= 0.3 is 11.9 Å². The Labute approximate surface area is 87.1 Å². The summed E-state index contributed by atoms with van der Waals surface area (Å²) >= 11 is 0. The van der Waals surface area contributed by atoms with Gasteiger partial charge in [-0.05, 0) is 24.1 Å². The monoisotopic (exact) mass is 200 g/mol. The Morgan fingerprint density at radius 2 is 1.93 bits per heavy atom. The first kappa shape index (κ1) is 9.47. The average molecular weight is 200 g/mol. The summed E-state index contributed by atoms with van der Waals surface area (Å²) < 4.78 is 4.47. The van der Waals surface area contributed by atoms with Crippen LogP contribution in [0.25, 0.3) is 0 Å². The molecule has 1 heterocycles. The Balaban J connectivity index is 2.35. The van der Waals surface area contributed by atoms with Gasteiger partial charge in [-0.15, -0.1) is 12.3 Å². The number of rotatable bonds is 2. The zero-order valence-electron chi connectivity index (χ0n) is 7.95. The summed E-state index contributed by atoms with van der Waals surface area (Å²) in [6.07, 6.45) is 6.46. The molecule has 0 aromatic heterocycles. The number of ether oxygens (including phenoxy) is 1. The summed E-state index contributed by atoms with van der Waals surface area (Å²) in [6, 6.07) is 5.06. The van der Waals surface area contributed by atoms with E-state index in [2.05, 4.69) is 10.7 Å². The van der Waals surface area contributed by atoms with Gasteiger partial charge in [0.1, 0.15) is 0 Å². The highest BCUT2D eigenvalue weighted by Gasteiger charge is 2.29. The third kappa shape index (κ3) is 1.62. The van der Waals surface area contributed by atoms with Crippen LogP contribution in [0, 0.1) is 12.3 Å². The molecule has 2 rings (SSSR count). The summed E-state index contributed by atoms with van der Waals surface area (Å²) in [7, 11) is 0. The van der Waals surface area contributed by atoms with Crippen LogP contribution in [-0.4, -0.2) is 11.9 Å². The molecule has 0 saturated heterocycles. The van der Waals surface area contributed by atoms with Gasteiger partial charge in [0, 0.05) is 6.42 Å². The molecule has 0 radical (unpaired) electrons. The molecule has 3 nitrogen and oxygen atoms in total. The first-order valence-corrected chi connectivity index (χ1v) is 4.55. The molecule has 0 N–H and O–H groups in total. The number of terminal acetylenes is 1. The van der Waals surface area contributed by atoms with Gasteiger partial charge in [-0.1, -0.05) is 6.07 Å². The van der Waals surface area contributed by atoms with Crippen molar-refractivity contribution in [3.63, 3.8) is 0 Å². The predicted octanol–water partition coefficient (Wildman–Crippen LogP) is 1.56. The van der Waals surface area contributed by atoms with E-state index in [1.165, 1.54) is 0 Å². The van der Waals surface area contributed by atoms with Gasteiger partial charge in [-0.2, -0.15) is 0 Å². The number of aryl methyl sites for hydroxylation is 1. The van der Waals surface area contributed by atoms with Gasteiger partial charge in [-0.3, -0.25) is 0 Å². The smallest absolute Gasteiger partial charge is 0.346 e. The molecular weight excluding hydrogens is 192 g/mol. The number of fused-ring (bicyclic) bond motifs is 1. The predicted molar refractivity (Wildman–Crippen MR) is 53.3 cm³/mol. The lowest BCUT2D eigenvalue weighted by molar-refractivity contribution is 0.0444. The van der Waals surface area contributed by atoms with Gasteiger partial charge in [0.15, 0.2) is 0 Å². The first-order valence-electron chi connectivity index (χ1n) is 4.55. The molecule has 1 aliphatic rings. The molecule has 0 bridgehead atoms. The Kier molecular flexibility index (Phi) is 2.26. The fourth-order valence-electron chi connectivity index (χ4n) is 1.50. The fourth-order valence-corrected chi connectivity index (χ4v) is 1.50. The minimum absolute atomic E-state index is 0.337. The summed E-state index contributed by atoms with van der Waals surface area (Å²) in [5.74, 6) is 1.38. The van der Waals surface area contributed by atoms with Crippen LogP contribution < -0.4 is 0 Å². The molecule has 15 heavy (non-hydrogen) atoms. The number of carbonyl (C=O) groups is 2. The molecule has 1 aromatic carbocycles. The molecule has 3 heteroatoms. The molecule has 74 valence electrons. The van der Waals surface area contributed by atoms with E-state index < -0.39 is 11.9 Å². The Bertz CT molecular complexity index is 480. The van der Waals surface area contributed by atoms with Gasteiger partial charge in [0.2, 0.25) is 0 Å². The minimum Gasteiger partial charge on any atom is -0.386 e. The molecule has 0 spiro atoms. The van der Waals surface area contributed by atoms with Gasteiger partial charge < -0.3 is 4.74 Å². The first-order chi connectivity index (χ1) is 7.22. The molecule has 1 aromatic rings. The van der Waals surface area contributed by atoms with Crippen molar-refractivity contribution in [2.24, 2.45) is 0 Å². The topological polar surface area (TPSA) is 43.4 Å². The molecule has 0 unspecified atom stereocenters. The number of carbonyl (C=O) groups excluding carboxylic acids is 2. The normalized spacial score (nSPS) is 13.3. The lowest BCUT2D eigenvalue weighted by Gasteiger charge is -1.98. The highest BCUT2D eigenvalue weighted by atomic mass is 16.6. The molecule has 0 atom stereocenters. The zero-order chi connectivity index (χ0) is 10.8. The zero-order valence-corrected chi connectivity index (χ0v) is 7.95. The van der Waals surface area contributed by atoms with Crippen LogP contribution in [0.15, 0.2) is 18.2 Å². The molecule has 0 amide bonds. The molecule has 1 aliphatic heterocycles. The van der Waals surface area contributed by atoms with E-state index in [-0.39, 0.29) is 0 Å². The van der Waals surface area contributed by atoms with Crippen molar-refractivity contribution in [3.8, 4) is 12.3 Å². The van der Waals surface area contributed by atoms with Crippen LogP contribution in [0.3, 0.4) is 0 Å². The highest BCUT2D eigenvalue weighted by Crippen LogP contribution is 2.21. The fraction of sp³-hybridized carbons (Fsp3) is 0.167. The van der Waals surface area contributed by atoms with E-state index in [1.807, 2.05) is 0 Å².